The number of esters is 1. The lowest BCUT2D eigenvalue weighted by Crippen LogP contribution is -2.17. The second kappa shape index (κ2) is 6.97. The Balaban J connectivity index is 1.97. The van der Waals surface area contributed by atoms with Gasteiger partial charge in [0.15, 0.2) is 0 Å². The van der Waals surface area contributed by atoms with E-state index >= 15 is 0 Å². The van der Waals surface area contributed by atoms with E-state index in [2.05, 4.69) is 10.4 Å². The molecule has 0 fully saturated rings. The lowest BCUT2D eigenvalue weighted by atomic mass is 10.2. The smallest absolute Gasteiger partial charge is 0.349 e. The molecule has 1 N–H and O–H groups in total. The van der Waals surface area contributed by atoms with Crippen molar-refractivity contribution in [3.05, 3.63) is 49.6 Å². The van der Waals surface area contributed by atoms with Gasteiger partial charge in [-0.2, -0.15) is 5.10 Å². The summed E-state index contributed by atoms with van der Waals surface area (Å²) in [5.41, 5.74) is 0.0473. The van der Waals surface area contributed by atoms with Crippen LogP contribution in [0.25, 0.3) is 10.1 Å². The highest BCUT2D eigenvalue weighted by molar-refractivity contribution is 7.21. The van der Waals surface area contributed by atoms with Gasteiger partial charge in [-0.1, -0.05) is 11.6 Å². The predicted octanol–water partition coefficient (Wildman–Crippen LogP) is 3.54. The Bertz CT molecular complexity index is 1100. The van der Waals surface area contributed by atoms with Crippen LogP contribution in [0.2, 0.25) is 5.02 Å². The summed E-state index contributed by atoms with van der Waals surface area (Å²) < 4.78 is 6.52. The molecule has 0 saturated heterocycles. The van der Waals surface area contributed by atoms with Crippen molar-refractivity contribution in [2.24, 2.45) is 7.05 Å². The molecule has 0 unspecified atom stereocenters. The fourth-order valence-corrected chi connectivity index (χ4v) is 4.14. The van der Waals surface area contributed by atoms with Gasteiger partial charge in [0.05, 0.1) is 17.1 Å². The number of hydrogen-bond acceptors (Lipinski definition) is 7. The first-order chi connectivity index (χ1) is 12.7. The average molecular weight is 409 g/mol. The Morgan fingerprint density at radius 3 is 2.74 bits per heavy atom. The molecule has 0 radical (unpaired) electrons. The zero-order valence-electron chi connectivity index (χ0n) is 14.4. The summed E-state index contributed by atoms with van der Waals surface area (Å²) >= 11 is 7.32. The molecular formula is C16H13ClN4O5S. The topological polar surface area (TPSA) is 116 Å². The summed E-state index contributed by atoms with van der Waals surface area (Å²) in [6.45, 7) is 1.46. The highest BCUT2D eigenvalue weighted by Crippen LogP contribution is 2.37. The standard InChI is InChI=1S/C16H13ClN4O5S/c1-7-12(21(24)25)13(20(2)19-7)15(22)18-8-4-5-9-10(6-8)27-14(11(9)17)16(23)26-3/h4-6H,1-3H3,(H,18,22). The van der Waals surface area contributed by atoms with Crippen LogP contribution in [0, 0.1) is 17.0 Å². The van der Waals surface area contributed by atoms with E-state index in [1.807, 2.05) is 0 Å². The number of aryl methyl sites for hydroxylation is 2. The molecule has 2 aromatic heterocycles. The van der Waals surface area contributed by atoms with Crippen LogP contribution in [0.4, 0.5) is 11.4 Å². The van der Waals surface area contributed by atoms with Gasteiger partial charge in [0.1, 0.15) is 10.6 Å². The van der Waals surface area contributed by atoms with Crippen molar-refractivity contribution in [3.8, 4) is 0 Å². The van der Waals surface area contributed by atoms with Gasteiger partial charge in [-0.05, 0) is 25.1 Å². The number of nitrogens with zero attached hydrogens (tertiary/aromatic N) is 3. The van der Waals surface area contributed by atoms with Gasteiger partial charge in [0.2, 0.25) is 5.69 Å². The summed E-state index contributed by atoms with van der Waals surface area (Å²) in [6, 6.07) is 4.87. The molecule has 2 heterocycles. The SMILES string of the molecule is COC(=O)c1sc2cc(NC(=O)c3c([N+](=O)[O-])c(C)nn3C)ccc2c1Cl. The minimum absolute atomic E-state index is 0.149. The van der Waals surface area contributed by atoms with Crippen molar-refractivity contribution in [1.82, 2.24) is 9.78 Å². The second-order valence-electron chi connectivity index (χ2n) is 5.57. The van der Waals surface area contributed by atoms with Gasteiger partial charge in [-0.3, -0.25) is 19.6 Å². The molecular weight excluding hydrogens is 396 g/mol. The normalized spacial score (nSPS) is 10.8. The number of methoxy groups -OCH3 is 1. The van der Waals surface area contributed by atoms with E-state index in [0.29, 0.717) is 15.8 Å². The predicted molar refractivity (Wildman–Crippen MR) is 101 cm³/mol. The maximum absolute atomic E-state index is 12.6. The van der Waals surface area contributed by atoms with Crippen molar-refractivity contribution < 1.29 is 19.2 Å². The molecule has 0 spiro atoms. The van der Waals surface area contributed by atoms with Gasteiger partial charge < -0.3 is 10.1 Å². The maximum atomic E-state index is 12.6. The maximum Gasteiger partial charge on any atom is 0.349 e. The third-order valence-corrected chi connectivity index (χ3v) is 5.48. The minimum Gasteiger partial charge on any atom is -0.465 e. The number of carbonyl (C=O) groups is 2. The number of fused-ring (bicyclic) bond motifs is 1. The van der Waals surface area contributed by atoms with E-state index in [-0.39, 0.29) is 27.0 Å². The minimum atomic E-state index is -0.667. The van der Waals surface area contributed by atoms with E-state index < -0.39 is 16.8 Å². The number of carbonyl (C=O) groups excluding carboxylic acids is 2. The lowest BCUT2D eigenvalue weighted by molar-refractivity contribution is -0.385. The molecule has 3 rings (SSSR count). The zero-order valence-corrected chi connectivity index (χ0v) is 16.0. The number of hydrogen-bond donors (Lipinski definition) is 1. The molecule has 3 aromatic rings. The lowest BCUT2D eigenvalue weighted by Gasteiger charge is -2.05. The fourth-order valence-electron chi connectivity index (χ4n) is 2.68. The molecule has 0 aliphatic rings. The van der Waals surface area contributed by atoms with Crippen molar-refractivity contribution in [1.29, 1.82) is 0 Å². The quantitative estimate of drug-likeness (QED) is 0.401. The van der Waals surface area contributed by atoms with Crippen LogP contribution in [0.5, 0.6) is 0 Å². The first kappa shape index (κ1) is 18.8. The molecule has 0 aliphatic heterocycles. The van der Waals surface area contributed by atoms with E-state index in [4.69, 9.17) is 16.3 Å². The monoisotopic (exact) mass is 408 g/mol. The van der Waals surface area contributed by atoms with Crippen LogP contribution in [0.3, 0.4) is 0 Å². The van der Waals surface area contributed by atoms with Crippen LogP contribution in [0.15, 0.2) is 18.2 Å². The number of amides is 1. The number of aromatic nitrogens is 2. The fraction of sp³-hybridized carbons (Fsp3) is 0.188. The number of ether oxygens (including phenoxy) is 1. The highest BCUT2D eigenvalue weighted by Gasteiger charge is 2.29. The molecule has 0 aliphatic carbocycles. The van der Waals surface area contributed by atoms with Crippen LogP contribution in [0.1, 0.15) is 25.9 Å². The summed E-state index contributed by atoms with van der Waals surface area (Å²) in [6.07, 6.45) is 0. The van der Waals surface area contributed by atoms with Gasteiger partial charge in [-0.15, -0.1) is 11.3 Å². The van der Waals surface area contributed by atoms with Crippen molar-refractivity contribution in [2.75, 3.05) is 12.4 Å². The Morgan fingerprint density at radius 1 is 1.41 bits per heavy atom. The molecule has 9 nitrogen and oxygen atoms in total. The Labute approximate surface area is 161 Å². The Hall–Kier alpha value is -2.98. The number of nitro groups is 1. The summed E-state index contributed by atoms with van der Waals surface area (Å²) in [4.78, 5) is 35.2. The first-order valence-corrected chi connectivity index (χ1v) is 8.73. The molecule has 1 aromatic carbocycles. The van der Waals surface area contributed by atoms with Crippen LogP contribution >= 0.6 is 22.9 Å². The zero-order chi connectivity index (χ0) is 19.9. The van der Waals surface area contributed by atoms with Crippen molar-refractivity contribution in [2.45, 2.75) is 6.92 Å². The summed E-state index contributed by atoms with van der Waals surface area (Å²) in [7, 11) is 2.72. The Morgan fingerprint density at radius 2 is 2.11 bits per heavy atom. The van der Waals surface area contributed by atoms with Gasteiger partial charge in [0, 0.05) is 22.8 Å². The Kier molecular flexibility index (Phi) is 4.85. The van der Waals surface area contributed by atoms with E-state index in [1.54, 1.807) is 18.2 Å². The first-order valence-electron chi connectivity index (χ1n) is 7.54. The molecule has 0 bridgehead atoms. The van der Waals surface area contributed by atoms with E-state index in [0.717, 1.165) is 11.3 Å². The molecule has 27 heavy (non-hydrogen) atoms. The van der Waals surface area contributed by atoms with E-state index in [9.17, 15) is 19.7 Å². The van der Waals surface area contributed by atoms with Crippen LogP contribution < -0.4 is 5.32 Å². The van der Waals surface area contributed by atoms with Gasteiger partial charge >= 0.3 is 11.7 Å². The average Bonchev–Trinajstić information content (AvgIpc) is 3.10. The second-order valence-corrected chi connectivity index (χ2v) is 7.00. The van der Waals surface area contributed by atoms with Gasteiger partial charge in [0.25, 0.3) is 5.91 Å². The number of anilines is 1. The molecule has 140 valence electrons. The number of thiophene rings is 1. The molecule has 11 heteroatoms. The van der Waals surface area contributed by atoms with Crippen molar-refractivity contribution in [3.63, 3.8) is 0 Å². The highest BCUT2D eigenvalue weighted by atomic mass is 35.5. The molecule has 0 saturated carbocycles. The molecule has 1 amide bonds. The number of nitrogens with one attached hydrogen (secondary N) is 1. The van der Waals surface area contributed by atoms with Crippen LogP contribution in [-0.4, -0.2) is 33.7 Å². The number of halogens is 1. The summed E-state index contributed by atoms with van der Waals surface area (Å²) in [5, 5.41) is 18.7. The number of benzene rings is 1. The number of rotatable bonds is 4. The van der Waals surface area contributed by atoms with E-state index in [1.165, 1.54) is 25.8 Å². The summed E-state index contributed by atoms with van der Waals surface area (Å²) in [5.74, 6) is -1.22. The van der Waals surface area contributed by atoms with Crippen molar-refractivity contribution >= 4 is 56.3 Å². The molecule has 0 atom stereocenters. The van der Waals surface area contributed by atoms with Crippen LogP contribution in [-0.2, 0) is 11.8 Å². The third kappa shape index (κ3) is 3.24. The third-order valence-electron chi connectivity index (χ3n) is 3.85. The van der Waals surface area contributed by atoms with Gasteiger partial charge in [-0.25, -0.2) is 4.79 Å². The largest absolute Gasteiger partial charge is 0.465 e.